The molecular weight excluding hydrogens is 519 g/mol. The lowest BCUT2D eigenvalue weighted by Gasteiger charge is -2.24. The lowest BCUT2D eigenvalue weighted by Crippen LogP contribution is -2.36. The molecule has 0 saturated carbocycles. The van der Waals surface area contributed by atoms with Gasteiger partial charge in [-0.05, 0) is 63.3 Å². The Morgan fingerprint density at radius 1 is 0.973 bits per heavy atom. The zero-order valence-electron chi connectivity index (χ0n) is 22.2. The van der Waals surface area contributed by atoms with Crippen LogP contribution in [0.15, 0.2) is 62.9 Å². The van der Waals surface area contributed by atoms with E-state index in [1.54, 1.807) is 23.5 Å². The number of hydrogen-bond donors (Lipinski definition) is 1. The van der Waals surface area contributed by atoms with Crippen molar-refractivity contribution < 1.29 is 9.21 Å². The highest BCUT2D eigenvalue weighted by atomic mass is 32.2. The van der Waals surface area contributed by atoms with Gasteiger partial charge in [0.2, 0.25) is 0 Å². The van der Waals surface area contributed by atoms with Crippen molar-refractivity contribution in [2.45, 2.75) is 37.2 Å². The summed E-state index contributed by atoms with van der Waals surface area (Å²) < 4.78 is 6.41. The quantitative estimate of drug-likeness (QED) is 0.211. The van der Waals surface area contributed by atoms with Crippen LogP contribution in [0.5, 0.6) is 0 Å². The summed E-state index contributed by atoms with van der Waals surface area (Å²) in [6.45, 7) is 7.12. The Morgan fingerprint density at radius 3 is 2.38 bits per heavy atom. The van der Waals surface area contributed by atoms with Crippen molar-refractivity contribution in [2.24, 2.45) is 0 Å². The second kappa shape index (κ2) is 12.3. The average Bonchev–Trinajstić information content (AvgIpc) is 3.24. The van der Waals surface area contributed by atoms with E-state index in [0.29, 0.717) is 13.1 Å². The molecule has 0 fully saturated rings. The molecule has 2 amide bonds. The highest BCUT2D eigenvalue weighted by Crippen LogP contribution is 2.37. The van der Waals surface area contributed by atoms with Crippen LogP contribution in [-0.2, 0) is 6.54 Å². The van der Waals surface area contributed by atoms with Gasteiger partial charge in [-0.15, -0.1) is 23.5 Å². The van der Waals surface area contributed by atoms with Crippen molar-refractivity contribution in [2.75, 3.05) is 36.4 Å². The molecule has 4 rings (SSSR count). The number of nitrogens with one attached hydrogen (secondary N) is 1. The molecule has 2 aromatic heterocycles. The van der Waals surface area contributed by atoms with E-state index in [4.69, 9.17) is 4.42 Å². The summed E-state index contributed by atoms with van der Waals surface area (Å²) in [6.07, 6.45) is 6.06. The molecule has 0 saturated heterocycles. The van der Waals surface area contributed by atoms with Crippen LogP contribution >= 0.6 is 35.3 Å². The fourth-order valence-electron chi connectivity index (χ4n) is 4.26. The number of hydrogen-bond acceptors (Lipinski definition) is 6. The highest BCUT2D eigenvalue weighted by Gasteiger charge is 2.23. The maximum Gasteiger partial charge on any atom is 0.322 e. The summed E-state index contributed by atoms with van der Waals surface area (Å²) in [5.74, 6) is 1.61. The van der Waals surface area contributed by atoms with Gasteiger partial charge in [0.25, 0.3) is 0 Å². The fourth-order valence-corrected chi connectivity index (χ4v) is 5.97. The molecular formula is C29H33N3O2S3. The number of urea groups is 1. The van der Waals surface area contributed by atoms with E-state index < -0.39 is 0 Å². The van der Waals surface area contributed by atoms with E-state index in [-0.39, 0.29) is 6.03 Å². The summed E-state index contributed by atoms with van der Waals surface area (Å²) in [4.78, 5) is 21.2. The number of carbonyl (C=O) groups excluding carboxylic acids is 1. The van der Waals surface area contributed by atoms with Crippen LogP contribution in [-0.4, -0.2) is 47.0 Å². The number of aryl methyl sites for hydroxylation is 3. The molecule has 2 heterocycles. The number of anilines is 1. The number of thioether (sulfide) groups is 3. The first-order valence-corrected chi connectivity index (χ1v) is 15.9. The summed E-state index contributed by atoms with van der Waals surface area (Å²) >= 11 is 4.87. The molecule has 0 aliphatic carbocycles. The number of nitrogens with zero attached hydrogens (tertiary/aromatic N) is 2. The minimum atomic E-state index is -0.156. The van der Waals surface area contributed by atoms with Crippen LogP contribution in [0, 0.1) is 20.8 Å². The second-order valence-corrected chi connectivity index (χ2v) is 11.6. The predicted octanol–water partition coefficient (Wildman–Crippen LogP) is 8.26. The normalized spacial score (nSPS) is 11.2. The van der Waals surface area contributed by atoms with Crippen LogP contribution in [0.25, 0.3) is 22.1 Å². The number of benzene rings is 2. The zero-order valence-corrected chi connectivity index (χ0v) is 24.6. The molecule has 5 nitrogen and oxygen atoms in total. The summed E-state index contributed by atoms with van der Waals surface area (Å²) in [6, 6.07) is 16.6. The first-order chi connectivity index (χ1) is 17.8. The Labute approximate surface area is 232 Å². The third kappa shape index (κ3) is 6.30. The fraction of sp³-hybridized carbons (Fsp3) is 0.310. The first-order valence-electron chi connectivity index (χ1n) is 12.1. The molecule has 1 N–H and O–H groups in total. The van der Waals surface area contributed by atoms with Crippen molar-refractivity contribution in [3.8, 4) is 11.1 Å². The molecule has 2 aromatic carbocycles. The van der Waals surface area contributed by atoms with Crippen molar-refractivity contribution in [1.29, 1.82) is 0 Å². The van der Waals surface area contributed by atoms with E-state index in [9.17, 15) is 4.79 Å². The average molecular weight is 552 g/mol. The van der Waals surface area contributed by atoms with Gasteiger partial charge >= 0.3 is 6.03 Å². The minimum absolute atomic E-state index is 0.156. The van der Waals surface area contributed by atoms with Gasteiger partial charge in [-0.25, -0.2) is 9.78 Å². The largest absolute Gasteiger partial charge is 0.459 e. The number of furan rings is 1. The molecule has 0 unspecified atom stereocenters. The van der Waals surface area contributed by atoms with Gasteiger partial charge in [-0.3, -0.25) is 0 Å². The molecule has 0 spiro atoms. The van der Waals surface area contributed by atoms with E-state index in [1.165, 1.54) is 22.9 Å². The van der Waals surface area contributed by atoms with Crippen molar-refractivity contribution in [3.63, 3.8) is 0 Å². The van der Waals surface area contributed by atoms with Gasteiger partial charge in [-0.2, -0.15) is 11.8 Å². The number of rotatable bonds is 9. The molecule has 0 radical (unpaired) electrons. The van der Waals surface area contributed by atoms with Crippen LogP contribution < -0.4 is 5.32 Å². The van der Waals surface area contributed by atoms with Gasteiger partial charge in [0, 0.05) is 33.8 Å². The lowest BCUT2D eigenvalue weighted by atomic mass is 9.99. The SMILES string of the molecule is CSCCN(Cc1oc2ccc(C)cc2c1-c1ccc(C)cc1)C(=O)Nc1c(SC)cc(C)nc1SC. The number of pyridine rings is 1. The molecule has 0 aliphatic rings. The Kier molecular flexibility index (Phi) is 9.16. The van der Waals surface area contributed by atoms with Gasteiger partial charge in [-0.1, -0.05) is 41.5 Å². The monoisotopic (exact) mass is 551 g/mol. The summed E-state index contributed by atoms with van der Waals surface area (Å²) in [5, 5.41) is 5.07. The number of fused-ring (bicyclic) bond motifs is 1. The molecule has 194 valence electrons. The van der Waals surface area contributed by atoms with Crippen LogP contribution in [0.2, 0.25) is 0 Å². The van der Waals surface area contributed by atoms with E-state index in [2.05, 4.69) is 66.8 Å². The topological polar surface area (TPSA) is 58.4 Å². The maximum atomic E-state index is 13.7. The smallest absolute Gasteiger partial charge is 0.322 e. The van der Waals surface area contributed by atoms with Gasteiger partial charge < -0.3 is 14.6 Å². The lowest BCUT2D eigenvalue weighted by molar-refractivity contribution is 0.208. The van der Waals surface area contributed by atoms with E-state index in [0.717, 1.165) is 54.9 Å². The second-order valence-electron chi connectivity index (χ2n) is 8.96. The summed E-state index contributed by atoms with van der Waals surface area (Å²) in [5.41, 5.74) is 7.05. The van der Waals surface area contributed by atoms with Crippen molar-refractivity contribution in [3.05, 3.63) is 71.1 Å². The number of aromatic nitrogens is 1. The molecule has 0 aliphatic heterocycles. The van der Waals surface area contributed by atoms with E-state index in [1.807, 2.05) is 36.5 Å². The highest BCUT2D eigenvalue weighted by molar-refractivity contribution is 7.99. The Bertz CT molecular complexity index is 1370. The van der Waals surface area contributed by atoms with Crippen LogP contribution in [0.3, 0.4) is 0 Å². The van der Waals surface area contributed by atoms with Gasteiger partial charge in [0.1, 0.15) is 16.4 Å². The maximum absolute atomic E-state index is 13.7. The standard InChI is InChI=1S/C29H33N3O2S3/c1-18-7-10-21(11-8-18)26-22-15-19(2)9-12-23(22)34-24(26)17-32(13-14-35-4)29(33)31-27-25(36-5)16-20(3)30-28(27)37-6/h7-12,15-16H,13-14,17H2,1-6H3,(H,31,33). The number of carbonyl (C=O) groups is 1. The predicted molar refractivity (Wildman–Crippen MR) is 161 cm³/mol. The molecule has 4 aromatic rings. The summed E-state index contributed by atoms with van der Waals surface area (Å²) in [7, 11) is 0. The minimum Gasteiger partial charge on any atom is -0.459 e. The van der Waals surface area contributed by atoms with Crippen LogP contribution in [0.1, 0.15) is 22.6 Å². The van der Waals surface area contributed by atoms with Gasteiger partial charge in [0.15, 0.2) is 0 Å². The van der Waals surface area contributed by atoms with Crippen molar-refractivity contribution >= 4 is 58.0 Å². The Balaban J connectivity index is 1.74. The third-order valence-corrected chi connectivity index (χ3v) is 8.20. The Hall–Kier alpha value is -2.55. The molecule has 8 heteroatoms. The van der Waals surface area contributed by atoms with E-state index >= 15 is 0 Å². The number of amides is 2. The van der Waals surface area contributed by atoms with Gasteiger partial charge in [0.05, 0.1) is 12.2 Å². The van der Waals surface area contributed by atoms with Crippen LogP contribution in [0.4, 0.5) is 10.5 Å². The first kappa shape index (κ1) is 27.5. The molecule has 0 bridgehead atoms. The van der Waals surface area contributed by atoms with Crippen molar-refractivity contribution in [1.82, 2.24) is 9.88 Å². The molecule has 0 atom stereocenters. The molecule has 37 heavy (non-hydrogen) atoms. The third-order valence-electron chi connectivity index (χ3n) is 6.17. The zero-order chi connectivity index (χ0) is 26.5. The Morgan fingerprint density at radius 2 is 1.70 bits per heavy atom.